The van der Waals surface area contributed by atoms with E-state index in [1.54, 1.807) is 0 Å². The second kappa shape index (κ2) is 3.65. The molecule has 0 radical (unpaired) electrons. The highest BCUT2D eigenvalue weighted by Crippen LogP contribution is 2.40. The van der Waals surface area contributed by atoms with Gasteiger partial charge in [0.05, 0.1) is 0 Å². The molecule has 0 bridgehead atoms. The lowest BCUT2D eigenvalue weighted by Crippen LogP contribution is -2.19. The fraction of sp³-hybridized carbons (Fsp3) is 0.143. The first-order valence-electron chi connectivity index (χ1n) is 5.55. The van der Waals surface area contributed by atoms with E-state index in [9.17, 15) is 0 Å². The van der Waals surface area contributed by atoms with E-state index >= 15 is 0 Å². The molecule has 3 rings (SSSR count). The minimum absolute atomic E-state index is 0.314. The Kier molecular flexibility index (Phi) is 2.15. The van der Waals surface area contributed by atoms with E-state index in [1.165, 1.54) is 22.5 Å². The molecule has 1 aliphatic rings. The van der Waals surface area contributed by atoms with Crippen LogP contribution in [0.2, 0.25) is 0 Å². The van der Waals surface area contributed by atoms with Gasteiger partial charge in [-0.25, -0.2) is 0 Å². The summed E-state index contributed by atoms with van der Waals surface area (Å²) in [5.41, 5.74) is 10.9. The Hall–Kier alpha value is -1.80. The summed E-state index contributed by atoms with van der Waals surface area (Å²) in [6.45, 7) is 0.649. The molecule has 0 amide bonds. The minimum Gasteiger partial charge on any atom is -0.355 e. The van der Waals surface area contributed by atoms with Crippen LogP contribution in [0.4, 0.5) is 11.4 Å². The molecular weight excluding hydrogens is 196 g/mol. The Morgan fingerprint density at radius 2 is 1.38 bits per heavy atom. The summed E-state index contributed by atoms with van der Waals surface area (Å²) in [6.07, 6.45) is 0. The summed E-state index contributed by atoms with van der Waals surface area (Å²) in [4.78, 5) is 0. The smallest absolute Gasteiger partial charge is 0.0423 e. The van der Waals surface area contributed by atoms with Crippen molar-refractivity contribution in [2.75, 3.05) is 11.9 Å². The molecule has 0 aliphatic carbocycles. The lowest BCUT2D eigenvalue weighted by molar-refractivity contribution is 0.814. The van der Waals surface area contributed by atoms with Crippen LogP contribution in [-0.4, -0.2) is 6.54 Å². The van der Waals surface area contributed by atoms with Crippen molar-refractivity contribution >= 4 is 11.4 Å². The van der Waals surface area contributed by atoms with Gasteiger partial charge in [0.1, 0.15) is 0 Å². The van der Waals surface area contributed by atoms with E-state index < -0.39 is 0 Å². The van der Waals surface area contributed by atoms with Crippen LogP contribution in [0, 0.1) is 0 Å². The number of nitrogens with one attached hydrogen (secondary N) is 1. The summed E-state index contributed by atoms with van der Waals surface area (Å²) in [6, 6.07) is 16.7. The van der Waals surface area contributed by atoms with E-state index in [2.05, 4.69) is 41.7 Å². The number of rotatable bonds is 1. The maximum Gasteiger partial charge on any atom is 0.0423 e. The van der Waals surface area contributed by atoms with E-state index in [-0.39, 0.29) is 0 Å². The van der Waals surface area contributed by atoms with Crippen LogP contribution in [0.1, 0.15) is 17.0 Å². The summed E-state index contributed by atoms with van der Waals surface area (Å²) in [7, 11) is 0. The van der Waals surface area contributed by atoms with Gasteiger partial charge in [0.15, 0.2) is 0 Å². The van der Waals surface area contributed by atoms with Gasteiger partial charge in [-0.1, -0.05) is 36.4 Å². The number of hydrogen-bond donors (Lipinski definition) is 2. The zero-order valence-electron chi connectivity index (χ0n) is 8.98. The second-order valence-electron chi connectivity index (χ2n) is 4.09. The van der Waals surface area contributed by atoms with E-state index in [4.69, 9.17) is 5.73 Å². The fourth-order valence-electron chi connectivity index (χ4n) is 2.40. The molecule has 80 valence electrons. The number of nitrogens with two attached hydrogens (primary N) is 1. The lowest BCUT2D eigenvalue weighted by atomic mass is 9.86. The summed E-state index contributed by atoms with van der Waals surface area (Å²) in [5, 5.41) is 3.45. The highest BCUT2D eigenvalue weighted by molar-refractivity contribution is 5.73. The molecule has 1 heterocycles. The second-order valence-corrected chi connectivity index (χ2v) is 4.09. The Labute approximate surface area is 95.1 Å². The number of hydrogen-bond acceptors (Lipinski definition) is 2. The predicted octanol–water partition coefficient (Wildman–Crippen LogP) is 2.83. The van der Waals surface area contributed by atoms with Gasteiger partial charge in [-0.3, -0.25) is 0 Å². The zero-order valence-corrected chi connectivity index (χ0v) is 8.98. The van der Waals surface area contributed by atoms with Crippen LogP contribution in [0.5, 0.6) is 0 Å². The molecule has 0 aromatic heterocycles. The predicted molar refractivity (Wildman–Crippen MR) is 67.1 cm³/mol. The highest BCUT2D eigenvalue weighted by atomic mass is 14.9. The molecule has 2 nitrogen and oxygen atoms in total. The van der Waals surface area contributed by atoms with Crippen LogP contribution >= 0.6 is 0 Å². The summed E-state index contributed by atoms with van der Waals surface area (Å²) in [5.74, 6) is 0.314. The molecule has 16 heavy (non-hydrogen) atoms. The molecule has 0 unspecified atom stereocenters. The fourth-order valence-corrected chi connectivity index (χ4v) is 2.40. The van der Waals surface area contributed by atoms with Crippen molar-refractivity contribution in [3.05, 3.63) is 59.7 Å². The largest absolute Gasteiger partial charge is 0.355 e. The number of anilines is 2. The standard InChI is InChI=1S/C14H14N2/c15-9-12-10-5-1-3-7-13(10)16-14-8-4-2-6-11(12)14/h1-8,12,16H,9,15H2. The topological polar surface area (TPSA) is 38.0 Å². The molecule has 0 fully saturated rings. The molecule has 2 aromatic rings. The van der Waals surface area contributed by atoms with Crippen molar-refractivity contribution in [2.45, 2.75) is 5.92 Å². The molecule has 2 aromatic carbocycles. The molecule has 3 N–H and O–H groups in total. The highest BCUT2D eigenvalue weighted by Gasteiger charge is 2.23. The van der Waals surface area contributed by atoms with Crippen molar-refractivity contribution in [1.82, 2.24) is 0 Å². The molecule has 1 aliphatic heterocycles. The Morgan fingerprint density at radius 3 is 1.88 bits per heavy atom. The van der Waals surface area contributed by atoms with Gasteiger partial charge in [0, 0.05) is 23.8 Å². The lowest BCUT2D eigenvalue weighted by Gasteiger charge is -2.28. The van der Waals surface area contributed by atoms with Crippen molar-refractivity contribution in [1.29, 1.82) is 0 Å². The maximum atomic E-state index is 5.91. The third-order valence-corrected chi connectivity index (χ3v) is 3.18. The molecular formula is C14H14N2. The molecule has 0 spiro atoms. The van der Waals surface area contributed by atoms with Crippen LogP contribution in [-0.2, 0) is 0 Å². The van der Waals surface area contributed by atoms with E-state index in [0.717, 1.165) is 0 Å². The summed E-state index contributed by atoms with van der Waals surface area (Å²) >= 11 is 0. The van der Waals surface area contributed by atoms with E-state index in [0.29, 0.717) is 12.5 Å². The molecule has 0 saturated heterocycles. The van der Waals surface area contributed by atoms with Gasteiger partial charge in [0.2, 0.25) is 0 Å². The first-order chi connectivity index (χ1) is 7.90. The minimum atomic E-state index is 0.314. The van der Waals surface area contributed by atoms with Crippen LogP contribution in [0.15, 0.2) is 48.5 Å². The quantitative estimate of drug-likeness (QED) is 0.759. The van der Waals surface area contributed by atoms with Crippen LogP contribution in [0.3, 0.4) is 0 Å². The number of fused-ring (bicyclic) bond motifs is 2. The Bertz CT molecular complexity index is 474. The van der Waals surface area contributed by atoms with Crippen LogP contribution < -0.4 is 11.1 Å². The van der Waals surface area contributed by atoms with Gasteiger partial charge in [-0.05, 0) is 23.3 Å². The summed E-state index contributed by atoms with van der Waals surface area (Å²) < 4.78 is 0. The maximum absolute atomic E-state index is 5.91. The van der Waals surface area contributed by atoms with Gasteiger partial charge in [-0.2, -0.15) is 0 Å². The third kappa shape index (κ3) is 1.31. The Balaban J connectivity index is 2.19. The van der Waals surface area contributed by atoms with Crippen LogP contribution in [0.25, 0.3) is 0 Å². The first-order valence-corrected chi connectivity index (χ1v) is 5.55. The average Bonchev–Trinajstić information content (AvgIpc) is 2.36. The van der Waals surface area contributed by atoms with Crippen molar-refractivity contribution in [3.8, 4) is 0 Å². The molecule has 0 atom stereocenters. The third-order valence-electron chi connectivity index (χ3n) is 3.18. The van der Waals surface area contributed by atoms with Crippen molar-refractivity contribution in [2.24, 2.45) is 5.73 Å². The van der Waals surface area contributed by atoms with Crippen molar-refractivity contribution in [3.63, 3.8) is 0 Å². The number of para-hydroxylation sites is 2. The van der Waals surface area contributed by atoms with Gasteiger partial charge in [0.25, 0.3) is 0 Å². The Morgan fingerprint density at radius 1 is 0.875 bits per heavy atom. The van der Waals surface area contributed by atoms with Gasteiger partial charge >= 0.3 is 0 Å². The monoisotopic (exact) mass is 210 g/mol. The van der Waals surface area contributed by atoms with Crippen molar-refractivity contribution < 1.29 is 0 Å². The first kappa shape index (κ1) is 9.43. The SMILES string of the molecule is NCC1c2ccccc2Nc2ccccc21. The zero-order chi connectivity index (χ0) is 11.0. The normalized spacial score (nSPS) is 13.8. The number of benzene rings is 2. The molecule has 2 heteroatoms. The van der Waals surface area contributed by atoms with E-state index in [1.807, 2.05) is 12.1 Å². The average molecular weight is 210 g/mol. The molecule has 0 saturated carbocycles. The van der Waals surface area contributed by atoms with Gasteiger partial charge < -0.3 is 11.1 Å². The van der Waals surface area contributed by atoms with Gasteiger partial charge in [-0.15, -0.1) is 0 Å².